The summed E-state index contributed by atoms with van der Waals surface area (Å²) >= 11 is 0. The molecule has 0 spiro atoms. The molecule has 2 saturated heterocycles. The third-order valence-corrected chi connectivity index (χ3v) is 5.88. The van der Waals surface area contributed by atoms with E-state index in [9.17, 15) is 4.79 Å². The highest BCUT2D eigenvalue weighted by molar-refractivity contribution is 5.91. The molecule has 2 N–H and O–H groups in total. The van der Waals surface area contributed by atoms with Crippen LogP contribution >= 0.6 is 24.8 Å². The first-order chi connectivity index (χ1) is 13.0. The standard InChI is InChI=1S/C22H35N3O2.2ClH/c1-16(19-8-10-23-11-9-19)12-22(26)24-21-7-5-4-6-20(21)15-25-13-17(2)27-18(3)14-25;;/h4-7,16-19,23H,8-15H2,1-3H3,(H,24,26);2*1H. The summed E-state index contributed by atoms with van der Waals surface area (Å²) in [5.74, 6) is 1.22. The second-order valence-electron chi connectivity index (χ2n) is 8.43. The highest BCUT2D eigenvalue weighted by Gasteiger charge is 2.24. The number of para-hydroxylation sites is 1. The van der Waals surface area contributed by atoms with Crippen molar-refractivity contribution in [3.8, 4) is 0 Å². The summed E-state index contributed by atoms with van der Waals surface area (Å²) in [6, 6.07) is 8.20. The van der Waals surface area contributed by atoms with E-state index in [1.54, 1.807) is 0 Å². The summed E-state index contributed by atoms with van der Waals surface area (Å²) in [7, 11) is 0. The van der Waals surface area contributed by atoms with Crippen LogP contribution in [-0.2, 0) is 16.1 Å². The molecule has 0 bridgehead atoms. The number of hydrogen-bond acceptors (Lipinski definition) is 4. The van der Waals surface area contributed by atoms with Gasteiger partial charge in [-0.1, -0.05) is 25.1 Å². The molecule has 0 radical (unpaired) electrons. The summed E-state index contributed by atoms with van der Waals surface area (Å²) in [4.78, 5) is 15.1. The average Bonchev–Trinajstić information content (AvgIpc) is 2.63. The predicted molar refractivity (Wildman–Crippen MR) is 124 cm³/mol. The number of carbonyl (C=O) groups excluding carboxylic acids is 1. The zero-order valence-electron chi connectivity index (χ0n) is 17.9. The fourth-order valence-corrected chi connectivity index (χ4v) is 4.51. The third kappa shape index (κ3) is 8.06. The Hall–Kier alpha value is -0.850. The Balaban J connectivity index is 0.00000210. The van der Waals surface area contributed by atoms with E-state index in [4.69, 9.17) is 4.74 Å². The van der Waals surface area contributed by atoms with Crippen molar-refractivity contribution in [3.63, 3.8) is 0 Å². The van der Waals surface area contributed by atoms with Gasteiger partial charge in [-0.25, -0.2) is 0 Å². The minimum Gasteiger partial charge on any atom is -0.373 e. The van der Waals surface area contributed by atoms with Crippen LogP contribution in [0.3, 0.4) is 0 Å². The van der Waals surface area contributed by atoms with Crippen molar-refractivity contribution >= 4 is 36.4 Å². The van der Waals surface area contributed by atoms with Crippen molar-refractivity contribution < 1.29 is 9.53 Å². The number of rotatable bonds is 6. The van der Waals surface area contributed by atoms with Crippen LogP contribution in [0, 0.1) is 11.8 Å². The van der Waals surface area contributed by atoms with Gasteiger partial charge in [0.1, 0.15) is 0 Å². The van der Waals surface area contributed by atoms with Gasteiger partial charge in [-0.3, -0.25) is 9.69 Å². The van der Waals surface area contributed by atoms with E-state index in [1.807, 2.05) is 12.1 Å². The number of ether oxygens (including phenoxy) is 1. The fourth-order valence-electron chi connectivity index (χ4n) is 4.51. The molecule has 0 aromatic heterocycles. The summed E-state index contributed by atoms with van der Waals surface area (Å²) in [6.45, 7) is 11.3. The van der Waals surface area contributed by atoms with E-state index in [0.29, 0.717) is 18.3 Å². The average molecular weight is 446 g/mol. The number of hydrogen-bond donors (Lipinski definition) is 2. The molecule has 5 nitrogen and oxygen atoms in total. The Morgan fingerprint density at radius 1 is 1.17 bits per heavy atom. The molecule has 2 aliphatic heterocycles. The number of nitrogens with zero attached hydrogens (tertiary/aromatic N) is 1. The van der Waals surface area contributed by atoms with Crippen LogP contribution in [0.4, 0.5) is 5.69 Å². The van der Waals surface area contributed by atoms with Crippen LogP contribution in [0.25, 0.3) is 0 Å². The monoisotopic (exact) mass is 445 g/mol. The van der Waals surface area contributed by atoms with Crippen molar-refractivity contribution in [2.45, 2.75) is 58.8 Å². The Kier molecular flexibility index (Phi) is 11.5. The molecule has 1 amide bonds. The number of piperidine rings is 1. The van der Waals surface area contributed by atoms with Gasteiger partial charge >= 0.3 is 0 Å². The van der Waals surface area contributed by atoms with Gasteiger partial charge in [0.05, 0.1) is 12.2 Å². The number of halogens is 2. The van der Waals surface area contributed by atoms with Crippen LogP contribution in [0.5, 0.6) is 0 Å². The van der Waals surface area contributed by atoms with Crippen LogP contribution in [-0.4, -0.2) is 49.2 Å². The van der Waals surface area contributed by atoms with Gasteiger partial charge in [0.2, 0.25) is 5.91 Å². The summed E-state index contributed by atoms with van der Waals surface area (Å²) in [5.41, 5.74) is 2.13. The van der Waals surface area contributed by atoms with Gasteiger partial charge in [-0.15, -0.1) is 24.8 Å². The first-order valence-corrected chi connectivity index (χ1v) is 10.5. The molecule has 1 aromatic rings. The van der Waals surface area contributed by atoms with Crippen molar-refractivity contribution in [3.05, 3.63) is 29.8 Å². The Morgan fingerprint density at radius 3 is 2.45 bits per heavy atom. The van der Waals surface area contributed by atoms with E-state index in [2.05, 4.69) is 48.4 Å². The first kappa shape index (κ1) is 26.2. The second-order valence-corrected chi connectivity index (χ2v) is 8.43. The molecule has 166 valence electrons. The highest BCUT2D eigenvalue weighted by atomic mass is 35.5. The third-order valence-electron chi connectivity index (χ3n) is 5.88. The molecule has 2 aliphatic rings. The van der Waals surface area contributed by atoms with Gasteiger partial charge in [-0.05, 0) is 63.2 Å². The Labute approximate surface area is 188 Å². The maximum atomic E-state index is 12.7. The van der Waals surface area contributed by atoms with Crippen LogP contribution in [0.1, 0.15) is 45.6 Å². The van der Waals surface area contributed by atoms with Gasteiger partial charge in [0.25, 0.3) is 0 Å². The molecular weight excluding hydrogens is 409 g/mol. The molecule has 2 fully saturated rings. The van der Waals surface area contributed by atoms with E-state index in [0.717, 1.165) is 38.4 Å². The number of amides is 1. The number of benzene rings is 1. The molecule has 0 aliphatic carbocycles. The fraction of sp³-hybridized carbons (Fsp3) is 0.682. The zero-order chi connectivity index (χ0) is 19.2. The van der Waals surface area contributed by atoms with Crippen molar-refractivity contribution in [1.29, 1.82) is 0 Å². The normalized spacial score (nSPS) is 24.1. The van der Waals surface area contributed by atoms with Gasteiger partial charge in [-0.2, -0.15) is 0 Å². The van der Waals surface area contributed by atoms with Gasteiger partial charge in [0, 0.05) is 31.7 Å². The predicted octanol–water partition coefficient (Wildman–Crippen LogP) is 4.10. The molecular formula is C22H37Cl2N3O2. The lowest BCUT2D eigenvalue weighted by molar-refractivity contribution is -0.117. The zero-order valence-corrected chi connectivity index (χ0v) is 19.5. The number of morpholine rings is 1. The largest absolute Gasteiger partial charge is 0.373 e. The minimum atomic E-state index is 0. The SMILES string of the molecule is CC1CN(Cc2ccccc2NC(=O)CC(C)C2CCNCC2)CC(C)O1.Cl.Cl. The lowest BCUT2D eigenvalue weighted by Crippen LogP contribution is -2.44. The first-order valence-electron chi connectivity index (χ1n) is 10.5. The minimum absolute atomic E-state index is 0. The van der Waals surface area contributed by atoms with Crippen molar-refractivity contribution in [2.24, 2.45) is 11.8 Å². The van der Waals surface area contributed by atoms with Crippen LogP contribution in [0.2, 0.25) is 0 Å². The van der Waals surface area contributed by atoms with Crippen molar-refractivity contribution in [1.82, 2.24) is 10.2 Å². The van der Waals surface area contributed by atoms with E-state index < -0.39 is 0 Å². The summed E-state index contributed by atoms with van der Waals surface area (Å²) in [6.07, 6.45) is 3.46. The van der Waals surface area contributed by atoms with Gasteiger partial charge in [0.15, 0.2) is 0 Å². The molecule has 3 atom stereocenters. The van der Waals surface area contributed by atoms with Crippen LogP contribution in [0.15, 0.2) is 24.3 Å². The topological polar surface area (TPSA) is 53.6 Å². The highest BCUT2D eigenvalue weighted by Crippen LogP contribution is 2.26. The smallest absolute Gasteiger partial charge is 0.224 e. The molecule has 2 heterocycles. The molecule has 3 unspecified atom stereocenters. The van der Waals surface area contributed by atoms with E-state index in [1.165, 1.54) is 18.4 Å². The lowest BCUT2D eigenvalue weighted by atomic mass is 9.84. The number of carbonyl (C=O) groups is 1. The van der Waals surface area contributed by atoms with E-state index >= 15 is 0 Å². The lowest BCUT2D eigenvalue weighted by Gasteiger charge is -2.35. The maximum absolute atomic E-state index is 12.7. The number of anilines is 1. The second kappa shape index (κ2) is 12.8. The van der Waals surface area contributed by atoms with E-state index in [-0.39, 0.29) is 42.9 Å². The quantitative estimate of drug-likeness (QED) is 0.691. The van der Waals surface area contributed by atoms with Crippen LogP contribution < -0.4 is 10.6 Å². The van der Waals surface area contributed by atoms with Gasteiger partial charge < -0.3 is 15.4 Å². The Bertz CT molecular complexity index is 616. The summed E-state index contributed by atoms with van der Waals surface area (Å²) in [5, 5.41) is 6.58. The summed E-state index contributed by atoms with van der Waals surface area (Å²) < 4.78 is 5.83. The molecule has 3 rings (SSSR count). The number of nitrogens with one attached hydrogen (secondary N) is 2. The Morgan fingerprint density at radius 2 is 1.79 bits per heavy atom. The molecule has 29 heavy (non-hydrogen) atoms. The molecule has 1 aromatic carbocycles. The van der Waals surface area contributed by atoms with Crippen molar-refractivity contribution in [2.75, 3.05) is 31.5 Å². The molecule has 0 saturated carbocycles. The molecule has 7 heteroatoms. The maximum Gasteiger partial charge on any atom is 0.224 e.